The molecular weight excluding hydrogens is 166 g/mol. The normalized spacial score (nSPS) is 33.0. The van der Waals surface area contributed by atoms with Crippen LogP contribution in [0.25, 0.3) is 0 Å². The Morgan fingerprint density at radius 1 is 1.54 bits per heavy atom. The molecular formula is C9H11N3O. The molecule has 2 aliphatic heterocycles. The fourth-order valence-electron chi connectivity index (χ4n) is 2.13. The highest BCUT2D eigenvalue weighted by Gasteiger charge is 2.45. The molecule has 0 amide bonds. The first-order valence-electron chi connectivity index (χ1n) is 4.54. The number of carbonyl (C=O) groups excluding carboxylic acids is 1. The number of rotatable bonds is 0. The summed E-state index contributed by atoms with van der Waals surface area (Å²) < 4.78 is 0. The number of hydrogen-bond donors (Lipinski definition) is 1. The molecule has 13 heavy (non-hydrogen) atoms. The van der Waals surface area contributed by atoms with Crippen molar-refractivity contribution in [1.29, 1.82) is 10.7 Å². The van der Waals surface area contributed by atoms with E-state index in [0.717, 1.165) is 25.8 Å². The van der Waals surface area contributed by atoms with Crippen molar-refractivity contribution >= 4 is 11.6 Å². The van der Waals surface area contributed by atoms with Gasteiger partial charge in [0.2, 0.25) is 0 Å². The average molecular weight is 177 g/mol. The van der Waals surface area contributed by atoms with E-state index in [0.29, 0.717) is 0 Å². The lowest BCUT2D eigenvalue weighted by Gasteiger charge is -2.29. The molecule has 2 fully saturated rings. The van der Waals surface area contributed by atoms with E-state index in [1.165, 1.54) is 0 Å². The van der Waals surface area contributed by atoms with Gasteiger partial charge >= 0.3 is 0 Å². The smallest absolute Gasteiger partial charge is 0.179 e. The number of ketones is 1. The predicted molar refractivity (Wildman–Crippen MR) is 46.2 cm³/mol. The van der Waals surface area contributed by atoms with Crippen molar-refractivity contribution in [2.75, 3.05) is 6.54 Å². The van der Waals surface area contributed by atoms with Crippen LogP contribution >= 0.6 is 0 Å². The first kappa shape index (κ1) is 8.24. The van der Waals surface area contributed by atoms with Crippen LogP contribution in [-0.2, 0) is 4.79 Å². The number of fused-ring (bicyclic) bond motifs is 1. The highest BCUT2D eigenvalue weighted by atomic mass is 16.1. The minimum atomic E-state index is -0.789. The van der Waals surface area contributed by atoms with E-state index in [4.69, 9.17) is 10.7 Å². The van der Waals surface area contributed by atoms with Crippen molar-refractivity contribution in [2.45, 2.75) is 25.3 Å². The Kier molecular flexibility index (Phi) is 1.80. The van der Waals surface area contributed by atoms with Gasteiger partial charge in [0.15, 0.2) is 11.7 Å². The van der Waals surface area contributed by atoms with Crippen LogP contribution in [0.1, 0.15) is 19.3 Å². The topological polar surface area (TPSA) is 68.0 Å². The van der Waals surface area contributed by atoms with E-state index in [1.54, 1.807) is 4.90 Å². The molecule has 2 unspecified atom stereocenters. The molecule has 0 saturated carbocycles. The lowest BCUT2D eigenvalue weighted by molar-refractivity contribution is -0.122. The first-order chi connectivity index (χ1) is 6.25. The van der Waals surface area contributed by atoms with Gasteiger partial charge in [0.25, 0.3) is 0 Å². The molecule has 2 saturated heterocycles. The second-order valence-corrected chi connectivity index (χ2v) is 3.55. The predicted octanol–water partition coefficient (Wildman–Crippen LogP) is 0.541. The van der Waals surface area contributed by atoms with E-state index < -0.39 is 5.92 Å². The molecule has 2 heterocycles. The van der Waals surface area contributed by atoms with Crippen molar-refractivity contribution in [2.24, 2.45) is 5.92 Å². The standard InChI is InChI=1S/C9H11N3O/c10-5-6-8(13)7-3-1-2-4-12(7)9(6)11/h6-7,11H,1-4H2. The summed E-state index contributed by atoms with van der Waals surface area (Å²) in [4.78, 5) is 13.4. The Hall–Kier alpha value is -1.37. The molecule has 1 N–H and O–H groups in total. The molecule has 0 bridgehead atoms. The Bertz CT molecular complexity index is 280. The number of Topliss-reactive ketones (excluding diaryl/α,β-unsaturated/α-hetero) is 1. The Morgan fingerprint density at radius 3 is 2.92 bits per heavy atom. The van der Waals surface area contributed by atoms with E-state index >= 15 is 0 Å². The highest BCUT2D eigenvalue weighted by molar-refractivity contribution is 6.13. The number of nitrogens with one attached hydrogen (secondary N) is 1. The van der Waals surface area contributed by atoms with Gasteiger partial charge in [-0.15, -0.1) is 0 Å². The molecule has 2 aliphatic rings. The lowest BCUT2D eigenvalue weighted by Crippen LogP contribution is -2.39. The van der Waals surface area contributed by atoms with Gasteiger partial charge in [0, 0.05) is 6.54 Å². The SMILES string of the molecule is N#CC1C(=N)N2CCCCC2C1=O. The number of amidine groups is 1. The van der Waals surface area contributed by atoms with Crippen LogP contribution in [0.4, 0.5) is 0 Å². The average Bonchev–Trinajstić information content (AvgIpc) is 2.41. The summed E-state index contributed by atoms with van der Waals surface area (Å²) >= 11 is 0. The molecule has 0 aromatic carbocycles. The van der Waals surface area contributed by atoms with Gasteiger partial charge < -0.3 is 4.90 Å². The second kappa shape index (κ2) is 2.84. The molecule has 2 rings (SSSR count). The Balaban J connectivity index is 2.29. The third-order valence-electron chi connectivity index (χ3n) is 2.83. The molecule has 0 aromatic rings. The number of carbonyl (C=O) groups is 1. The minimum absolute atomic E-state index is 0.0628. The van der Waals surface area contributed by atoms with Gasteiger partial charge in [0.05, 0.1) is 12.1 Å². The van der Waals surface area contributed by atoms with Crippen molar-refractivity contribution in [3.05, 3.63) is 0 Å². The van der Waals surface area contributed by atoms with Crippen LogP contribution < -0.4 is 0 Å². The van der Waals surface area contributed by atoms with Gasteiger partial charge in [-0.3, -0.25) is 10.2 Å². The van der Waals surface area contributed by atoms with Gasteiger partial charge in [-0.05, 0) is 19.3 Å². The number of piperidine rings is 1. The molecule has 4 nitrogen and oxygen atoms in total. The summed E-state index contributed by atoms with van der Waals surface area (Å²) in [5.41, 5.74) is 0. The van der Waals surface area contributed by atoms with E-state index in [2.05, 4.69) is 0 Å². The highest BCUT2D eigenvalue weighted by Crippen LogP contribution is 2.28. The summed E-state index contributed by atoms with van der Waals surface area (Å²) in [7, 11) is 0. The number of hydrogen-bond acceptors (Lipinski definition) is 3. The molecule has 68 valence electrons. The van der Waals surface area contributed by atoms with Gasteiger partial charge in [-0.2, -0.15) is 5.26 Å². The van der Waals surface area contributed by atoms with E-state index in [-0.39, 0.29) is 17.7 Å². The van der Waals surface area contributed by atoms with Crippen LogP contribution in [0.15, 0.2) is 0 Å². The minimum Gasteiger partial charge on any atom is -0.349 e. The summed E-state index contributed by atoms with van der Waals surface area (Å²) in [6.07, 6.45) is 2.89. The lowest BCUT2D eigenvalue weighted by atomic mass is 9.99. The number of nitrogens with zero attached hydrogens (tertiary/aromatic N) is 2. The molecule has 2 atom stereocenters. The molecule has 4 heteroatoms. The summed E-state index contributed by atoms with van der Waals surface area (Å²) in [5.74, 6) is -0.632. The maximum Gasteiger partial charge on any atom is 0.179 e. The summed E-state index contributed by atoms with van der Waals surface area (Å²) in [5, 5.41) is 16.4. The summed E-state index contributed by atoms with van der Waals surface area (Å²) in [6, 6.07) is 1.74. The quantitative estimate of drug-likeness (QED) is 0.587. The third-order valence-corrected chi connectivity index (χ3v) is 2.83. The third kappa shape index (κ3) is 1.04. The zero-order chi connectivity index (χ0) is 9.42. The molecule has 0 radical (unpaired) electrons. The maximum atomic E-state index is 11.6. The zero-order valence-corrected chi connectivity index (χ0v) is 7.29. The van der Waals surface area contributed by atoms with Crippen LogP contribution in [-0.4, -0.2) is 29.1 Å². The Labute approximate surface area is 76.6 Å². The van der Waals surface area contributed by atoms with Crippen LogP contribution in [0.2, 0.25) is 0 Å². The van der Waals surface area contributed by atoms with Gasteiger partial charge in [0.1, 0.15) is 5.84 Å². The molecule has 0 aliphatic carbocycles. The first-order valence-corrected chi connectivity index (χ1v) is 4.54. The van der Waals surface area contributed by atoms with Gasteiger partial charge in [-0.25, -0.2) is 0 Å². The van der Waals surface area contributed by atoms with Crippen molar-refractivity contribution in [3.63, 3.8) is 0 Å². The van der Waals surface area contributed by atoms with E-state index in [1.807, 2.05) is 6.07 Å². The zero-order valence-electron chi connectivity index (χ0n) is 7.29. The molecule has 0 spiro atoms. The van der Waals surface area contributed by atoms with E-state index in [9.17, 15) is 4.79 Å². The maximum absolute atomic E-state index is 11.6. The van der Waals surface area contributed by atoms with Crippen LogP contribution in [0.5, 0.6) is 0 Å². The van der Waals surface area contributed by atoms with Crippen molar-refractivity contribution in [1.82, 2.24) is 4.90 Å². The van der Waals surface area contributed by atoms with Gasteiger partial charge in [-0.1, -0.05) is 0 Å². The largest absolute Gasteiger partial charge is 0.349 e. The molecule has 0 aromatic heterocycles. The van der Waals surface area contributed by atoms with Crippen LogP contribution in [0, 0.1) is 22.7 Å². The summed E-state index contributed by atoms with van der Waals surface area (Å²) in [6.45, 7) is 0.771. The Morgan fingerprint density at radius 2 is 2.31 bits per heavy atom. The van der Waals surface area contributed by atoms with Crippen molar-refractivity contribution < 1.29 is 4.79 Å². The van der Waals surface area contributed by atoms with Crippen molar-refractivity contribution in [3.8, 4) is 6.07 Å². The fraction of sp³-hybridized carbons (Fsp3) is 0.667. The fourth-order valence-corrected chi connectivity index (χ4v) is 2.13. The van der Waals surface area contributed by atoms with Crippen LogP contribution in [0.3, 0.4) is 0 Å². The monoisotopic (exact) mass is 177 g/mol. The number of nitriles is 1. The second-order valence-electron chi connectivity index (χ2n) is 3.55.